The first-order valence-electron chi connectivity index (χ1n) is 12.4. The first kappa shape index (κ1) is 25.4. The highest BCUT2D eigenvalue weighted by atomic mass is 32.1. The summed E-state index contributed by atoms with van der Waals surface area (Å²) in [7, 11) is 0. The minimum Gasteiger partial charge on any atom is -0.333 e. The maximum absolute atomic E-state index is 13.6. The van der Waals surface area contributed by atoms with Crippen molar-refractivity contribution in [1.29, 1.82) is 0 Å². The van der Waals surface area contributed by atoms with Crippen LogP contribution in [-0.2, 0) is 16.0 Å². The molecule has 0 radical (unpaired) electrons. The van der Waals surface area contributed by atoms with Gasteiger partial charge in [0, 0.05) is 24.4 Å². The molecule has 1 aliphatic heterocycles. The highest BCUT2D eigenvalue weighted by Crippen LogP contribution is 2.38. The molecule has 33 heavy (non-hydrogen) atoms. The molecule has 2 amide bonds. The van der Waals surface area contributed by atoms with Gasteiger partial charge in [0.1, 0.15) is 5.82 Å². The van der Waals surface area contributed by atoms with Crippen molar-refractivity contribution in [2.75, 3.05) is 19.6 Å². The van der Waals surface area contributed by atoms with Crippen LogP contribution in [0.3, 0.4) is 0 Å². The van der Waals surface area contributed by atoms with Gasteiger partial charge >= 0.3 is 0 Å². The Morgan fingerprint density at radius 3 is 2.48 bits per heavy atom. The summed E-state index contributed by atoms with van der Waals surface area (Å²) in [6.45, 7) is 5.63. The number of fused-ring (bicyclic) bond motifs is 1. The fraction of sp³-hybridized carbons (Fsp3) is 0.556. The van der Waals surface area contributed by atoms with E-state index in [4.69, 9.17) is 0 Å². The summed E-state index contributed by atoms with van der Waals surface area (Å²) in [5.41, 5.74) is 2.03. The topological polar surface area (TPSA) is 40.6 Å². The molecular weight excluding hydrogens is 435 g/mol. The van der Waals surface area contributed by atoms with Gasteiger partial charge in [-0.05, 0) is 54.0 Å². The van der Waals surface area contributed by atoms with Crippen molar-refractivity contribution in [2.45, 2.75) is 77.7 Å². The number of amides is 2. The van der Waals surface area contributed by atoms with Crippen LogP contribution in [0.5, 0.6) is 0 Å². The molecule has 180 valence electrons. The Hall–Kier alpha value is -2.21. The van der Waals surface area contributed by atoms with Crippen molar-refractivity contribution in [2.24, 2.45) is 0 Å². The smallest absolute Gasteiger partial charge is 0.242 e. The summed E-state index contributed by atoms with van der Waals surface area (Å²) in [4.78, 5) is 31.4. The van der Waals surface area contributed by atoms with Crippen LogP contribution in [0.25, 0.3) is 0 Å². The lowest BCUT2D eigenvalue weighted by Gasteiger charge is -2.37. The van der Waals surface area contributed by atoms with E-state index in [-0.39, 0.29) is 30.2 Å². The molecule has 0 spiro atoms. The number of hydrogen-bond donors (Lipinski definition) is 0. The number of unbranched alkanes of at least 4 members (excludes halogenated alkanes) is 5. The van der Waals surface area contributed by atoms with Gasteiger partial charge in [-0.1, -0.05) is 58.1 Å². The first-order valence-corrected chi connectivity index (χ1v) is 13.3. The third kappa shape index (κ3) is 6.89. The molecule has 1 atom stereocenters. The van der Waals surface area contributed by atoms with Crippen LogP contribution in [0.15, 0.2) is 35.7 Å². The van der Waals surface area contributed by atoms with E-state index in [1.165, 1.54) is 29.9 Å². The summed E-state index contributed by atoms with van der Waals surface area (Å²) in [6.07, 6.45) is 8.70. The summed E-state index contributed by atoms with van der Waals surface area (Å²) in [5.74, 6) is -0.232. The van der Waals surface area contributed by atoms with Crippen molar-refractivity contribution in [3.05, 3.63) is 57.5 Å². The van der Waals surface area contributed by atoms with Crippen molar-refractivity contribution < 1.29 is 14.0 Å². The third-order valence-electron chi connectivity index (χ3n) is 6.43. The van der Waals surface area contributed by atoms with Gasteiger partial charge in [-0.15, -0.1) is 11.3 Å². The third-order valence-corrected chi connectivity index (χ3v) is 7.42. The van der Waals surface area contributed by atoms with Crippen LogP contribution in [-0.4, -0.2) is 41.2 Å². The molecule has 6 heteroatoms. The van der Waals surface area contributed by atoms with E-state index in [1.54, 1.807) is 28.4 Å². The zero-order valence-corrected chi connectivity index (χ0v) is 20.8. The standard InChI is InChI=1S/C27H37FN2O2S/c1-3-5-7-8-9-10-25(31)29(17-6-4-2)20-26(32)30-18-15-24-23(16-19-33-24)27(30)21-11-13-22(28)14-12-21/h11-14,16,19,27H,3-10,15,17-18,20H2,1-2H3. The minimum absolute atomic E-state index is 0.0309. The molecule has 1 unspecified atom stereocenters. The lowest BCUT2D eigenvalue weighted by atomic mass is 9.93. The molecule has 0 fully saturated rings. The van der Waals surface area contributed by atoms with Crippen LogP contribution in [0.1, 0.15) is 87.3 Å². The van der Waals surface area contributed by atoms with E-state index in [9.17, 15) is 14.0 Å². The van der Waals surface area contributed by atoms with Crippen LogP contribution >= 0.6 is 11.3 Å². The molecule has 0 N–H and O–H groups in total. The second kappa shape index (κ2) is 12.9. The van der Waals surface area contributed by atoms with Crippen molar-refractivity contribution in [1.82, 2.24) is 9.80 Å². The Morgan fingerprint density at radius 1 is 1.03 bits per heavy atom. The van der Waals surface area contributed by atoms with Crippen LogP contribution < -0.4 is 0 Å². The summed E-state index contributed by atoms with van der Waals surface area (Å²) in [6, 6.07) is 8.28. The van der Waals surface area contributed by atoms with E-state index in [0.717, 1.165) is 49.7 Å². The Labute approximate surface area is 201 Å². The number of rotatable bonds is 12. The van der Waals surface area contributed by atoms with Crippen LogP contribution in [0.2, 0.25) is 0 Å². The SMILES string of the molecule is CCCCCCCC(=O)N(CCCC)CC(=O)N1CCc2sccc2C1c1ccc(F)cc1. The number of carbonyl (C=O) groups excluding carboxylic acids is 2. The minimum atomic E-state index is -0.284. The van der Waals surface area contributed by atoms with Gasteiger partial charge < -0.3 is 9.80 Å². The number of benzene rings is 1. The average molecular weight is 473 g/mol. The van der Waals surface area contributed by atoms with E-state index in [0.29, 0.717) is 19.5 Å². The molecule has 0 saturated heterocycles. The quantitative estimate of drug-likeness (QED) is 0.338. The number of nitrogens with zero attached hydrogens (tertiary/aromatic N) is 2. The highest BCUT2D eigenvalue weighted by Gasteiger charge is 2.33. The van der Waals surface area contributed by atoms with Gasteiger partial charge in [0.15, 0.2) is 0 Å². The molecule has 2 heterocycles. The number of halogens is 1. The lowest BCUT2D eigenvalue weighted by molar-refractivity contribution is -0.141. The number of carbonyl (C=O) groups is 2. The fourth-order valence-corrected chi connectivity index (χ4v) is 5.43. The predicted octanol–water partition coefficient (Wildman–Crippen LogP) is 6.35. The molecular formula is C27H37FN2O2S. The van der Waals surface area contributed by atoms with E-state index < -0.39 is 0 Å². The molecule has 0 saturated carbocycles. The maximum Gasteiger partial charge on any atom is 0.242 e. The Bertz CT molecular complexity index is 896. The summed E-state index contributed by atoms with van der Waals surface area (Å²) >= 11 is 1.71. The number of hydrogen-bond acceptors (Lipinski definition) is 3. The Kier molecular flexibility index (Phi) is 9.92. The van der Waals surface area contributed by atoms with Gasteiger partial charge in [-0.3, -0.25) is 9.59 Å². The van der Waals surface area contributed by atoms with Gasteiger partial charge in [-0.2, -0.15) is 0 Å². The van der Waals surface area contributed by atoms with Crippen molar-refractivity contribution in [3.63, 3.8) is 0 Å². The van der Waals surface area contributed by atoms with E-state index in [1.807, 2.05) is 4.90 Å². The van der Waals surface area contributed by atoms with E-state index >= 15 is 0 Å². The van der Waals surface area contributed by atoms with Gasteiger partial charge in [0.25, 0.3) is 0 Å². The molecule has 1 aromatic heterocycles. The summed E-state index contributed by atoms with van der Waals surface area (Å²) < 4.78 is 13.6. The van der Waals surface area contributed by atoms with Gasteiger partial charge in [-0.25, -0.2) is 4.39 Å². The molecule has 2 aromatic rings. The second-order valence-corrected chi connectivity index (χ2v) is 9.92. The van der Waals surface area contributed by atoms with Crippen molar-refractivity contribution in [3.8, 4) is 0 Å². The molecule has 1 aromatic carbocycles. The highest BCUT2D eigenvalue weighted by molar-refractivity contribution is 7.10. The molecule has 0 bridgehead atoms. The first-order chi connectivity index (χ1) is 16.0. The lowest BCUT2D eigenvalue weighted by Crippen LogP contribution is -2.47. The zero-order chi connectivity index (χ0) is 23.6. The number of thiophene rings is 1. The molecule has 1 aliphatic rings. The second-order valence-electron chi connectivity index (χ2n) is 8.92. The van der Waals surface area contributed by atoms with Gasteiger partial charge in [0.05, 0.1) is 12.6 Å². The molecule has 3 rings (SSSR count). The largest absolute Gasteiger partial charge is 0.333 e. The Balaban J connectivity index is 1.72. The maximum atomic E-state index is 13.6. The fourth-order valence-electron chi connectivity index (χ4n) is 4.52. The average Bonchev–Trinajstić information content (AvgIpc) is 3.30. The van der Waals surface area contributed by atoms with Crippen molar-refractivity contribution >= 4 is 23.2 Å². The zero-order valence-electron chi connectivity index (χ0n) is 20.0. The molecule has 4 nitrogen and oxygen atoms in total. The van der Waals surface area contributed by atoms with Crippen LogP contribution in [0, 0.1) is 5.82 Å². The Morgan fingerprint density at radius 2 is 1.76 bits per heavy atom. The predicted molar refractivity (Wildman–Crippen MR) is 133 cm³/mol. The van der Waals surface area contributed by atoms with Crippen LogP contribution in [0.4, 0.5) is 4.39 Å². The summed E-state index contributed by atoms with van der Waals surface area (Å²) in [5, 5.41) is 2.06. The van der Waals surface area contributed by atoms with E-state index in [2.05, 4.69) is 25.3 Å². The van der Waals surface area contributed by atoms with Gasteiger partial charge in [0.2, 0.25) is 11.8 Å². The normalized spacial score (nSPS) is 15.4. The monoisotopic (exact) mass is 472 g/mol. The molecule has 0 aliphatic carbocycles.